The molecule has 0 aliphatic heterocycles. The summed E-state index contributed by atoms with van der Waals surface area (Å²) in [6, 6.07) is 8.18. The summed E-state index contributed by atoms with van der Waals surface area (Å²) in [6.45, 7) is 5.80. The summed E-state index contributed by atoms with van der Waals surface area (Å²) in [5, 5.41) is 0. The van der Waals surface area contributed by atoms with Gasteiger partial charge in [0.15, 0.2) is 11.3 Å². The van der Waals surface area contributed by atoms with Crippen LogP contribution < -0.4 is 9.72 Å². The molecule has 4 rings (SSSR count). The molecule has 2 aromatic heterocycles. The van der Waals surface area contributed by atoms with Gasteiger partial charge in [-0.05, 0) is 48.1 Å². The first-order valence-electron chi connectivity index (χ1n) is 9.70. The smallest absolute Gasteiger partial charge is 0.304 e. The number of benzene rings is 1. The lowest BCUT2D eigenvalue weighted by Crippen LogP contribution is -2.20. The molecule has 2 heterocycles. The lowest BCUT2D eigenvalue weighted by molar-refractivity contribution is -0.348. The van der Waals surface area contributed by atoms with Crippen LogP contribution in [0.2, 0.25) is 0 Å². The molecule has 3 aromatic rings. The maximum absolute atomic E-state index is 12.8. The number of aromatic amines is 2. The van der Waals surface area contributed by atoms with Gasteiger partial charge in [-0.25, -0.2) is 15.0 Å². The molecule has 0 bridgehead atoms. The molecule has 0 atom stereocenters. The average molecular weight is 376 g/mol. The number of carbonyl (C=O) groups is 1. The van der Waals surface area contributed by atoms with Crippen molar-refractivity contribution in [1.82, 2.24) is 9.97 Å². The van der Waals surface area contributed by atoms with E-state index in [0.717, 1.165) is 36.4 Å². The third-order valence-corrected chi connectivity index (χ3v) is 5.31. The minimum Gasteiger partial charge on any atom is -0.497 e. The first-order chi connectivity index (χ1) is 13.4. The van der Waals surface area contributed by atoms with Crippen LogP contribution in [0.3, 0.4) is 0 Å². The van der Waals surface area contributed by atoms with Crippen LogP contribution in [0.1, 0.15) is 61.6 Å². The Labute approximate surface area is 164 Å². The van der Waals surface area contributed by atoms with E-state index in [0.29, 0.717) is 11.1 Å². The predicted molar refractivity (Wildman–Crippen MR) is 110 cm³/mol. The number of H-pyrrole nitrogens is 2. The van der Waals surface area contributed by atoms with Gasteiger partial charge in [-0.2, -0.15) is 0 Å². The topological polar surface area (TPSA) is 69.1 Å². The van der Waals surface area contributed by atoms with Crippen molar-refractivity contribution in [3.63, 3.8) is 0 Å². The van der Waals surface area contributed by atoms with Crippen LogP contribution >= 0.6 is 0 Å². The van der Waals surface area contributed by atoms with E-state index in [-0.39, 0.29) is 5.78 Å². The van der Waals surface area contributed by atoms with Gasteiger partial charge in [-0.3, -0.25) is 4.79 Å². The molecule has 0 fully saturated rings. The number of allylic oxidation sites excluding steroid dienone is 2. The van der Waals surface area contributed by atoms with Gasteiger partial charge >= 0.3 is 5.65 Å². The Hall–Kier alpha value is -2.95. The first kappa shape index (κ1) is 18.4. The number of nitrogens with one attached hydrogen (secondary N) is 2. The summed E-state index contributed by atoms with van der Waals surface area (Å²) in [7, 11) is 1.69. The monoisotopic (exact) mass is 376 g/mol. The molecule has 5 heteroatoms. The number of nitrogens with zero attached hydrogens (tertiary/aromatic N) is 1. The Morgan fingerprint density at radius 3 is 2.75 bits per heavy atom. The van der Waals surface area contributed by atoms with Crippen LogP contribution in [0.5, 0.6) is 5.75 Å². The normalized spacial score (nSPS) is 14.7. The minimum atomic E-state index is -0.453. The second kappa shape index (κ2) is 6.89. The van der Waals surface area contributed by atoms with Crippen molar-refractivity contribution in [2.45, 2.75) is 40.0 Å². The highest BCUT2D eigenvalue weighted by molar-refractivity contribution is 6.08. The third-order valence-electron chi connectivity index (χ3n) is 5.31. The molecule has 0 amide bonds. The number of hydrogen-bond donors (Lipinski definition) is 1. The second-order valence-electron chi connectivity index (χ2n) is 8.33. The fraction of sp³-hybridized carbons (Fsp3) is 0.348. The van der Waals surface area contributed by atoms with Crippen LogP contribution in [-0.4, -0.2) is 22.9 Å². The van der Waals surface area contributed by atoms with Crippen molar-refractivity contribution in [2.75, 3.05) is 7.11 Å². The summed E-state index contributed by atoms with van der Waals surface area (Å²) in [4.78, 5) is 24.2. The van der Waals surface area contributed by atoms with Gasteiger partial charge < -0.3 is 4.74 Å². The molecule has 2 N–H and O–H groups in total. The number of fused-ring (bicyclic) bond motifs is 1. The van der Waals surface area contributed by atoms with E-state index in [4.69, 9.17) is 9.72 Å². The largest absolute Gasteiger partial charge is 0.497 e. The molecule has 0 saturated carbocycles. The first-order valence-corrected chi connectivity index (χ1v) is 9.70. The summed E-state index contributed by atoms with van der Waals surface area (Å²) in [6.07, 6.45) is 6.79. The maximum Gasteiger partial charge on any atom is 0.304 e. The number of methoxy groups -OCH3 is 1. The van der Waals surface area contributed by atoms with Crippen molar-refractivity contribution in [1.29, 1.82) is 0 Å². The highest BCUT2D eigenvalue weighted by atomic mass is 16.5. The van der Waals surface area contributed by atoms with E-state index in [1.54, 1.807) is 13.3 Å². The average Bonchev–Trinajstić information content (AvgIpc) is 3.33. The summed E-state index contributed by atoms with van der Waals surface area (Å²) in [5.41, 5.74) is 6.30. The molecule has 1 aromatic carbocycles. The highest BCUT2D eigenvalue weighted by Gasteiger charge is 2.29. The molecule has 1 aliphatic rings. The third kappa shape index (κ3) is 3.21. The van der Waals surface area contributed by atoms with Crippen molar-refractivity contribution in [3.8, 4) is 5.75 Å². The number of rotatable bonds is 4. The molecule has 0 saturated heterocycles. The summed E-state index contributed by atoms with van der Waals surface area (Å²) >= 11 is 0. The fourth-order valence-corrected chi connectivity index (χ4v) is 3.82. The number of ether oxygens (including phenoxy) is 1. The van der Waals surface area contributed by atoms with E-state index in [2.05, 4.69) is 22.1 Å². The van der Waals surface area contributed by atoms with E-state index in [9.17, 15) is 4.79 Å². The Morgan fingerprint density at radius 2 is 2.00 bits per heavy atom. The molecular weight excluding hydrogens is 350 g/mol. The molecule has 0 unspecified atom stereocenters. The van der Waals surface area contributed by atoms with Gasteiger partial charge in [0.05, 0.1) is 12.7 Å². The Kier molecular flexibility index (Phi) is 4.53. The van der Waals surface area contributed by atoms with Crippen LogP contribution in [0.15, 0.2) is 36.7 Å². The van der Waals surface area contributed by atoms with Gasteiger partial charge in [0.2, 0.25) is 0 Å². The fourth-order valence-electron chi connectivity index (χ4n) is 3.82. The summed E-state index contributed by atoms with van der Waals surface area (Å²) < 4.78 is 5.39. The summed E-state index contributed by atoms with van der Waals surface area (Å²) in [5.74, 6) is 0.945. The minimum absolute atomic E-state index is 0.0882. The van der Waals surface area contributed by atoms with Gasteiger partial charge in [0, 0.05) is 5.41 Å². The molecule has 5 nitrogen and oxygen atoms in total. The number of ketones is 1. The van der Waals surface area contributed by atoms with Crippen LogP contribution in [0.4, 0.5) is 0 Å². The van der Waals surface area contributed by atoms with Crippen molar-refractivity contribution in [2.24, 2.45) is 5.41 Å². The van der Waals surface area contributed by atoms with E-state index >= 15 is 0 Å². The zero-order valence-electron chi connectivity index (χ0n) is 16.8. The second-order valence-corrected chi connectivity index (χ2v) is 8.33. The highest BCUT2D eigenvalue weighted by Crippen LogP contribution is 2.40. The van der Waals surface area contributed by atoms with Gasteiger partial charge in [0.1, 0.15) is 23.8 Å². The SMILES string of the molecule is COc1cccc(C2=C(c3c[nH+]c4[nH]cc(C(=O)C(C)(C)C)c4n3)CCC2)c1. The van der Waals surface area contributed by atoms with Crippen molar-refractivity contribution >= 4 is 28.1 Å². The lowest BCUT2D eigenvalue weighted by Gasteiger charge is -2.14. The molecule has 0 spiro atoms. The number of carbonyl (C=O) groups excluding carboxylic acids is 1. The van der Waals surface area contributed by atoms with E-state index in [1.165, 1.54) is 16.7 Å². The number of Topliss-reactive ketones (excluding diaryl/α,β-unsaturated/α-hetero) is 1. The maximum atomic E-state index is 12.8. The zero-order valence-corrected chi connectivity index (χ0v) is 16.8. The Morgan fingerprint density at radius 1 is 1.21 bits per heavy atom. The standard InChI is InChI=1S/C23H25N3O2/c1-23(2,3)21(27)18-12-24-22-20(18)26-19(13-25-22)17-10-6-9-16(17)14-7-5-8-15(11-14)28-4/h5,7-8,11-13H,6,9-10H2,1-4H3,(H,24,25)/p+1. The van der Waals surface area contributed by atoms with Gasteiger partial charge in [0.25, 0.3) is 0 Å². The number of hydrogen-bond acceptors (Lipinski definition) is 3. The van der Waals surface area contributed by atoms with E-state index < -0.39 is 5.41 Å². The zero-order chi connectivity index (χ0) is 19.9. The molecule has 0 radical (unpaired) electrons. The lowest BCUT2D eigenvalue weighted by atomic mass is 9.87. The van der Waals surface area contributed by atoms with E-state index in [1.807, 2.05) is 39.1 Å². The van der Waals surface area contributed by atoms with Gasteiger partial charge in [-0.1, -0.05) is 32.9 Å². The van der Waals surface area contributed by atoms with Crippen LogP contribution in [0.25, 0.3) is 22.3 Å². The quantitative estimate of drug-likeness (QED) is 0.671. The number of aromatic nitrogens is 3. The van der Waals surface area contributed by atoms with Gasteiger partial charge in [-0.15, -0.1) is 0 Å². The molecule has 28 heavy (non-hydrogen) atoms. The van der Waals surface area contributed by atoms with Crippen molar-refractivity contribution in [3.05, 3.63) is 53.5 Å². The Balaban J connectivity index is 1.82. The molecular formula is C23H26N3O2+. The molecule has 1 aliphatic carbocycles. The van der Waals surface area contributed by atoms with Crippen LogP contribution in [-0.2, 0) is 0 Å². The molecule has 144 valence electrons. The van der Waals surface area contributed by atoms with Crippen LogP contribution in [0, 0.1) is 5.41 Å². The predicted octanol–water partition coefficient (Wildman–Crippen LogP) is 4.71. The Bertz CT molecular complexity index is 1090. The van der Waals surface area contributed by atoms with Crippen molar-refractivity contribution < 1.29 is 14.5 Å².